The summed E-state index contributed by atoms with van der Waals surface area (Å²) in [5.74, 6) is 2.94. The Hall–Kier alpha value is -9.71. The molecule has 1 atom stereocenters. The van der Waals surface area contributed by atoms with E-state index in [1.54, 1.807) is 0 Å². The van der Waals surface area contributed by atoms with Gasteiger partial charge in [0.25, 0.3) is 0 Å². The van der Waals surface area contributed by atoms with Crippen LogP contribution in [0.25, 0.3) is 112 Å². The highest BCUT2D eigenvalue weighted by Gasteiger charge is 2.25. The van der Waals surface area contributed by atoms with E-state index in [-0.39, 0.29) is 5.92 Å². The normalized spacial score (nSPS) is 13.1. The minimum Gasteiger partial charge on any atom is -0.456 e. The molecule has 0 bridgehead atoms. The first-order valence-electron chi connectivity index (χ1n) is 26.1. The Bertz CT molecular complexity index is 4290. The summed E-state index contributed by atoms with van der Waals surface area (Å²) in [6.45, 7) is 2.23. The lowest BCUT2D eigenvalue weighted by molar-refractivity contribution is 0.592. The molecule has 3 heterocycles. The Morgan fingerprint density at radius 2 is 1.04 bits per heavy atom. The van der Waals surface area contributed by atoms with Crippen LogP contribution in [-0.2, 0) is 12.8 Å². The number of aromatic nitrogens is 4. The maximum Gasteiger partial charge on any atom is 0.164 e. The topological polar surface area (TPSA) is 56.7 Å². The summed E-state index contributed by atoms with van der Waals surface area (Å²) < 4.78 is 9.09. The van der Waals surface area contributed by atoms with Crippen molar-refractivity contribution in [2.24, 2.45) is 0 Å². The second-order valence-electron chi connectivity index (χ2n) is 19.9. The third-order valence-corrected chi connectivity index (χ3v) is 15.2. The van der Waals surface area contributed by atoms with Crippen molar-refractivity contribution in [3.8, 4) is 73.2 Å². The minimum atomic E-state index is 0.129. The molecule has 0 N–H and O–H groups in total. The van der Waals surface area contributed by atoms with Gasteiger partial charge in [0.2, 0.25) is 0 Å². The van der Waals surface area contributed by atoms with Crippen molar-refractivity contribution >= 4 is 38.9 Å². The van der Waals surface area contributed by atoms with Crippen LogP contribution in [0.1, 0.15) is 39.5 Å². The largest absolute Gasteiger partial charge is 0.456 e. The first kappa shape index (κ1) is 44.9. The molecule has 0 saturated heterocycles. The number of hydrogen-bond acceptors (Lipinski definition) is 4. The number of hydrogen-bond donors (Lipinski definition) is 0. The maximum atomic E-state index is 6.67. The lowest BCUT2D eigenvalue weighted by atomic mass is 9.85. The molecule has 0 radical (unpaired) electrons. The summed E-state index contributed by atoms with van der Waals surface area (Å²) in [5, 5.41) is 3.60. The Kier molecular flexibility index (Phi) is 11.2. The number of para-hydroxylation sites is 1. The van der Waals surface area contributed by atoms with Crippen molar-refractivity contribution < 1.29 is 4.42 Å². The van der Waals surface area contributed by atoms with Crippen LogP contribution in [0, 0.1) is 6.92 Å². The molecule has 13 aromatic rings. The monoisotopic (exact) mass is 974 g/mol. The average Bonchev–Trinajstić information content (AvgIpc) is 4.12. The van der Waals surface area contributed by atoms with Gasteiger partial charge < -0.3 is 8.98 Å². The van der Waals surface area contributed by atoms with Gasteiger partial charge in [-0.15, -0.1) is 0 Å². The van der Waals surface area contributed by atoms with Crippen molar-refractivity contribution in [2.75, 3.05) is 0 Å². The molecule has 14 rings (SSSR count). The average molecular weight is 975 g/mol. The summed E-state index contributed by atoms with van der Waals surface area (Å²) in [7, 11) is 0. The van der Waals surface area contributed by atoms with E-state index in [2.05, 4.69) is 206 Å². The van der Waals surface area contributed by atoms with Crippen molar-refractivity contribution in [3.05, 3.63) is 282 Å². The van der Waals surface area contributed by atoms with Crippen molar-refractivity contribution in [2.45, 2.75) is 25.7 Å². The Morgan fingerprint density at radius 3 is 1.79 bits per heavy atom. The molecule has 0 amide bonds. The van der Waals surface area contributed by atoms with Gasteiger partial charge in [-0.1, -0.05) is 194 Å². The van der Waals surface area contributed by atoms with Crippen LogP contribution in [0.2, 0.25) is 0 Å². The number of fused-ring (bicyclic) bond motifs is 6. The van der Waals surface area contributed by atoms with Crippen molar-refractivity contribution in [1.82, 2.24) is 19.5 Å². The summed E-state index contributed by atoms with van der Waals surface area (Å²) in [5.41, 5.74) is 20.7. The summed E-state index contributed by atoms with van der Waals surface area (Å²) in [6.07, 6.45) is 6.20. The van der Waals surface area contributed by atoms with Crippen LogP contribution in [-0.4, -0.2) is 19.5 Å². The van der Waals surface area contributed by atoms with Gasteiger partial charge in [-0.3, -0.25) is 0 Å². The van der Waals surface area contributed by atoms with E-state index in [4.69, 9.17) is 19.4 Å². The lowest BCUT2D eigenvalue weighted by Crippen LogP contribution is -2.05. The third-order valence-electron chi connectivity index (χ3n) is 15.2. The van der Waals surface area contributed by atoms with Crippen LogP contribution >= 0.6 is 0 Å². The second kappa shape index (κ2) is 19.0. The summed E-state index contributed by atoms with van der Waals surface area (Å²) >= 11 is 0. The fourth-order valence-corrected chi connectivity index (χ4v) is 11.4. The predicted molar refractivity (Wildman–Crippen MR) is 312 cm³/mol. The number of nitrogens with zero attached hydrogens (tertiary/aromatic N) is 4. The number of furan rings is 1. The molecule has 0 spiro atoms. The van der Waals surface area contributed by atoms with Crippen molar-refractivity contribution in [3.63, 3.8) is 0 Å². The van der Waals surface area contributed by atoms with Gasteiger partial charge in [0.05, 0.1) is 11.0 Å². The summed E-state index contributed by atoms with van der Waals surface area (Å²) in [4.78, 5) is 15.1. The SMILES string of the molecule is Cc1ccc(-c2ccc3c(c2)c2cc(C4C=Cc5oc6cccc(-c7cccc(-c8nc(-c9ccccc9)nc(-c9ccccc9)n8)c7)c6c5C4)ccc2n3-c2ccccc2)cc1-c1ccccc1Cc1ccccc1. The van der Waals surface area contributed by atoms with Gasteiger partial charge in [-0.25, -0.2) is 15.0 Å². The number of benzene rings is 10. The van der Waals surface area contributed by atoms with E-state index < -0.39 is 0 Å². The zero-order valence-corrected chi connectivity index (χ0v) is 41.9. The molecule has 0 fully saturated rings. The zero-order valence-electron chi connectivity index (χ0n) is 41.9. The van der Waals surface area contributed by atoms with Gasteiger partial charge in [0.1, 0.15) is 11.3 Å². The Labute approximate surface area is 441 Å². The summed E-state index contributed by atoms with van der Waals surface area (Å²) in [6, 6.07) is 86.7. The maximum absolute atomic E-state index is 6.67. The van der Waals surface area contributed by atoms with E-state index in [1.165, 1.54) is 71.9 Å². The van der Waals surface area contributed by atoms with E-state index in [1.807, 2.05) is 60.7 Å². The fourth-order valence-electron chi connectivity index (χ4n) is 11.4. The molecule has 5 nitrogen and oxygen atoms in total. The molecule has 1 aliphatic rings. The zero-order chi connectivity index (χ0) is 50.5. The molecule has 10 aromatic carbocycles. The first-order chi connectivity index (χ1) is 37.6. The Morgan fingerprint density at radius 1 is 0.461 bits per heavy atom. The van der Waals surface area contributed by atoms with Gasteiger partial charge >= 0.3 is 0 Å². The smallest absolute Gasteiger partial charge is 0.164 e. The molecule has 3 aromatic heterocycles. The Balaban J connectivity index is 0.838. The van der Waals surface area contributed by atoms with Gasteiger partial charge in [-0.2, -0.15) is 0 Å². The predicted octanol–water partition coefficient (Wildman–Crippen LogP) is 18.0. The van der Waals surface area contributed by atoms with Crippen LogP contribution in [0.15, 0.2) is 253 Å². The van der Waals surface area contributed by atoms with E-state index in [9.17, 15) is 0 Å². The molecule has 360 valence electrons. The molecule has 1 aliphatic carbocycles. The van der Waals surface area contributed by atoms with E-state index in [0.717, 1.165) is 63.1 Å². The lowest BCUT2D eigenvalue weighted by Gasteiger charge is -2.18. The third kappa shape index (κ3) is 8.19. The fraction of sp³-hybridized carbons (Fsp3) is 0.0563. The highest BCUT2D eigenvalue weighted by atomic mass is 16.3. The van der Waals surface area contributed by atoms with Crippen LogP contribution < -0.4 is 0 Å². The van der Waals surface area contributed by atoms with Crippen LogP contribution in [0.5, 0.6) is 0 Å². The standard InChI is InChI=1S/C71H50N4O/c1-46-32-33-50(42-60(46)58-29-15-14-24-54(58)40-47-18-6-2-7-19-47)51-34-37-64-61(43-51)62-44-52(35-38-65(62)75(64)57-27-12-5-13-28-57)53-36-39-66-63(45-53)68-59(30-17-31-67(68)76-66)55-25-16-26-56(41-55)71-73-69(48-20-8-3-9-21-48)72-70(74-71)49-22-10-4-11-23-49/h2-39,41-44,53H,40,45H2,1H3. The van der Waals surface area contributed by atoms with Crippen LogP contribution in [0.3, 0.4) is 0 Å². The highest BCUT2D eigenvalue weighted by molar-refractivity contribution is 6.11. The molecular formula is C71H50N4O. The van der Waals surface area contributed by atoms with Gasteiger partial charge in [0.15, 0.2) is 17.5 Å². The number of allylic oxidation sites excluding steroid dienone is 1. The van der Waals surface area contributed by atoms with Gasteiger partial charge in [-0.05, 0) is 136 Å². The van der Waals surface area contributed by atoms with Gasteiger partial charge in [0, 0.05) is 50.0 Å². The highest BCUT2D eigenvalue weighted by Crippen LogP contribution is 2.44. The molecule has 76 heavy (non-hydrogen) atoms. The molecule has 0 saturated carbocycles. The number of rotatable bonds is 10. The second-order valence-corrected chi connectivity index (χ2v) is 19.9. The minimum absolute atomic E-state index is 0.129. The first-order valence-corrected chi connectivity index (χ1v) is 26.1. The quantitative estimate of drug-likeness (QED) is 0.137. The molecular weight excluding hydrogens is 925 g/mol. The molecule has 0 aliphatic heterocycles. The van der Waals surface area contributed by atoms with E-state index in [0.29, 0.717) is 17.5 Å². The van der Waals surface area contributed by atoms with Crippen molar-refractivity contribution in [1.29, 1.82) is 0 Å². The number of aryl methyl sites for hydroxylation is 1. The molecule has 1 unspecified atom stereocenters. The molecule has 5 heteroatoms. The van der Waals surface area contributed by atoms with Crippen LogP contribution in [0.4, 0.5) is 0 Å². The van der Waals surface area contributed by atoms with E-state index >= 15 is 0 Å².